The molecule has 21 heavy (non-hydrogen) atoms. The summed E-state index contributed by atoms with van der Waals surface area (Å²) in [6.07, 6.45) is 3.08. The number of rotatable bonds is 8. The Balaban J connectivity index is 2.29. The topological polar surface area (TPSA) is 63.2 Å². The van der Waals surface area contributed by atoms with E-state index in [1.54, 1.807) is 12.1 Å². The highest BCUT2D eigenvalue weighted by Gasteiger charge is 2.08. The van der Waals surface area contributed by atoms with Crippen LogP contribution in [0, 0.1) is 5.92 Å². The third-order valence-electron chi connectivity index (χ3n) is 3.12. The van der Waals surface area contributed by atoms with Crippen LogP contribution in [0.5, 0.6) is 0 Å². The molecule has 0 radical (unpaired) electrons. The van der Waals surface area contributed by atoms with Gasteiger partial charge in [-0.25, -0.2) is 8.42 Å². The van der Waals surface area contributed by atoms with Crippen molar-refractivity contribution in [2.45, 2.75) is 44.4 Å². The fourth-order valence-corrected chi connectivity index (χ4v) is 2.62. The van der Waals surface area contributed by atoms with Gasteiger partial charge in [0.25, 0.3) is 9.05 Å². The van der Waals surface area contributed by atoms with Gasteiger partial charge < -0.3 is 5.32 Å². The van der Waals surface area contributed by atoms with Gasteiger partial charge in [0.2, 0.25) is 5.91 Å². The minimum atomic E-state index is -3.65. The molecule has 0 bridgehead atoms. The Hall–Kier alpha value is -1.07. The van der Waals surface area contributed by atoms with Crippen LogP contribution < -0.4 is 5.32 Å². The molecule has 0 aliphatic heterocycles. The van der Waals surface area contributed by atoms with E-state index in [1.165, 1.54) is 12.1 Å². The van der Waals surface area contributed by atoms with Crippen molar-refractivity contribution in [1.29, 1.82) is 0 Å². The summed E-state index contributed by atoms with van der Waals surface area (Å²) < 4.78 is 22.2. The van der Waals surface area contributed by atoms with Crippen LogP contribution in [0.4, 0.5) is 0 Å². The van der Waals surface area contributed by atoms with Crippen molar-refractivity contribution in [2.24, 2.45) is 5.92 Å². The predicted octanol–water partition coefficient (Wildman–Crippen LogP) is 3.10. The Labute approximate surface area is 131 Å². The highest BCUT2D eigenvalue weighted by Crippen LogP contribution is 2.15. The summed E-state index contributed by atoms with van der Waals surface area (Å²) in [5, 5.41) is 2.89. The number of aryl methyl sites for hydroxylation is 1. The summed E-state index contributed by atoms with van der Waals surface area (Å²) >= 11 is 0. The molecule has 0 aromatic heterocycles. The number of benzene rings is 1. The normalized spacial score (nSPS) is 11.6. The Morgan fingerprint density at radius 2 is 1.86 bits per heavy atom. The Morgan fingerprint density at radius 3 is 2.38 bits per heavy atom. The first-order valence-electron chi connectivity index (χ1n) is 7.09. The molecule has 4 nitrogen and oxygen atoms in total. The zero-order valence-corrected chi connectivity index (χ0v) is 14.0. The predicted molar refractivity (Wildman–Crippen MR) is 84.9 cm³/mol. The fourth-order valence-electron chi connectivity index (χ4n) is 1.85. The summed E-state index contributed by atoms with van der Waals surface area (Å²) in [7, 11) is 1.59. The van der Waals surface area contributed by atoms with E-state index in [9.17, 15) is 13.2 Å². The van der Waals surface area contributed by atoms with Gasteiger partial charge in [0.1, 0.15) is 0 Å². The Bertz CT molecular complexity index is 553. The van der Waals surface area contributed by atoms with Gasteiger partial charge in [-0.3, -0.25) is 4.79 Å². The maximum atomic E-state index is 11.5. The standard InChI is InChI=1S/C15H22ClNO3S/c1-12(2)5-10-15(18)17-11-3-4-13-6-8-14(9-7-13)21(16,19)20/h6-9,12H,3-5,10-11H2,1-2H3,(H,17,18). The number of carbonyl (C=O) groups excluding carboxylic acids is 1. The van der Waals surface area contributed by atoms with Gasteiger partial charge in [-0.15, -0.1) is 0 Å². The third-order valence-corrected chi connectivity index (χ3v) is 4.49. The van der Waals surface area contributed by atoms with Gasteiger partial charge in [0.15, 0.2) is 0 Å². The lowest BCUT2D eigenvalue weighted by atomic mass is 10.1. The van der Waals surface area contributed by atoms with E-state index in [4.69, 9.17) is 10.7 Å². The molecule has 0 atom stereocenters. The molecule has 0 unspecified atom stereocenters. The van der Waals surface area contributed by atoms with E-state index in [0.717, 1.165) is 24.8 Å². The van der Waals surface area contributed by atoms with Gasteiger partial charge in [0.05, 0.1) is 4.90 Å². The smallest absolute Gasteiger partial charge is 0.261 e. The maximum Gasteiger partial charge on any atom is 0.261 e. The largest absolute Gasteiger partial charge is 0.356 e. The molecule has 0 aliphatic carbocycles. The Kier molecular flexibility index (Phi) is 7.18. The fraction of sp³-hybridized carbons (Fsp3) is 0.533. The van der Waals surface area contributed by atoms with Crippen molar-refractivity contribution in [3.05, 3.63) is 29.8 Å². The highest BCUT2D eigenvalue weighted by molar-refractivity contribution is 8.13. The van der Waals surface area contributed by atoms with Crippen LogP contribution in [-0.2, 0) is 20.3 Å². The van der Waals surface area contributed by atoms with Crippen LogP contribution in [0.3, 0.4) is 0 Å². The SMILES string of the molecule is CC(C)CCC(=O)NCCCc1ccc(S(=O)(=O)Cl)cc1. The van der Waals surface area contributed by atoms with E-state index in [0.29, 0.717) is 18.9 Å². The summed E-state index contributed by atoms with van der Waals surface area (Å²) in [4.78, 5) is 11.6. The van der Waals surface area contributed by atoms with Gasteiger partial charge in [-0.05, 0) is 42.9 Å². The molecule has 118 valence electrons. The molecule has 0 fully saturated rings. The Morgan fingerprint density at radius 1 is 1.24 bits per heavy atom. The van der Waals surface area contributed by atoms with Crippen molar-refractivity contribution >= 4 is 25.6 Å². The molecule has 1 rings (SSSR count). The number of hydrogen-bond donors (Lipinski definition) is 1. The molecule has 1 aromatic rings. The lowest BCUT2D eigenvalue weighted by Crippen LogP contribution is -2.24. The minimum Gasteiger partial charge on any atom is -0.356 e. The molecule has 0 heterocycles. The molecule has 1 amide bonds. The van der Waals surface area contributed by atoms with Crippen LogP contribution in [0.1, 0.15) is 38.7 Å². The van der Waals surface area contributed by atoms with Crippen LogP contribution in [0.25, 0.3) is 0 Å². The number of carbonyl (C=O) groups is 1. The molecule has 0 aliphatic rings. The number of nitrogens with one attached hydrogen (secondary N) is 1. The molecule has 1 aromatic carbocycles. The van der Waals surface area contributed by atoms with Gasteiger partial charge in [0, 0.05) is 23.6 Å². The highest BCUT2D eigenvalue weighted by atomic mass is 35.7. The van der Waals surface area contributed by atoms with Gasteiger partial charge in [-0.2, -0.15) is 0 Å². The third kappa shape index (κ3) is 7.48. The van der Waals surface area contributed by atoms with Crippen LogP contribution in [-0.4, -0.2) is 20.9 Å². The number of halogens is 1. The maximum absolute atomic E-state index is 11.5. The summed E-state index contributed by atoms with van der Waals surface area (Å²) in [6.45, 7) is 4.82. The zero-order chi connectivity index (χ0) is 15.9. The second-order valence-electron chi connectivity index (χ2n) is 5.47. The molecule has 0 saturated heterocycles. The molecular formula is C15H22ClNO3S. The van der Waals surface area contributed by atoms with Crippen LogP contribution >= 0.6 is 10.7 Å². The van der Waals surface area contributed by atoms with E-state index in [-0.39, 0.29) is 10.8 Å². The van der Waals surface area contributed by atoms with Gasteiger partial charge >= 0.3 is 0 Å². The average Bonchev–Trinajstić information content (AvgIpc) is 2.41. The minimum absolute atomic E-state index is 0.0901. The first kappa shape index (κ1) is 18.0. The van der Waals surface area contributed by atoms with Crippen molar-refractivity contribution in [1.82, 2.24) is 5.32 Å². The summed E-state index contributed by atoms with van der Waals surface area (Å²) in [6, 6.07) is 6.49. The quantitative estimate of drug-likeness (QED) is 0.588. The van der Waals surface area contributed by atoms with Crippen molar-refractivity contribution in [3.63, 3.8) is 0 Å². The number of hydrogen-bond acceptors (Lipinski definition) is 3. The summed E-state index contributed by atoms with van der Waals surface area (Å²) in [5.41, 5.74) is 1.02. The lowest BCUT2D eigenvalue weighted by molar-refractivity contribution is -0.121. The van der Waals surface area contributed by atoms with Gasteiger partial charge in [-0.1, -0.05) is 26.0 Å². The summed E-state index contributed by atoms with van der Waals surface area (Å²) in [5.74, 6) is 0.625. The first-order valence-corrected chi connectivity index (χ1v) is 9.40. The zero-order valence-electron chi connectivity index (χ0n) is 12.4. The van der Waals surface area contributed by atoms with Crippen molar-refractivity contribution < 1.29 is 13.2 Å². The molecule has 1 N–H and O–H groups in total. The average molecular weight is 332 g/mol. The molecule has 0 saturated carbocycles. The van der Waals surface area contributed by atoms with E-state index in [2.05, 4.69) is 19.2 Å². The first-order chi connectivity index (χ1) is 9.79. The molecular weight excluding hydrogens is 310 g/mol. The molecule has 0 spiro atoms. The van der Waals surface area contributed by atoms with E-state index < -0.39 is 9.05 Å². The lowest BCUT2D eigenvalue weighted by Gasteiger charge is -2.07. The van der Waals surface area contributed by atoms with Crippen molar-refractivity contribution in [2.75, 3.05) is 6.54 Å². The second-order valence-corrected chi connectivity index (χ2v) is 8.03. The van der Waals surface area contributed by atoms with Crippen LogP contribution in [0.2, 0.25) is 0 Å². The molecule has 6 heteroatoms. The van der Waals surface area contributed by atoms with E-state index >= 15 is 0 Å². The van der Waals surface area contributed by atoms with E-state index in [1.807, 2.05) is 0 Å². The van der Waals surface area contributed by atoms with Crippen molar-refractivity contribution in [3.8, 4) is 0 Å². The second kappa shape index (κ2) is 8.39. The monoisotopic (exact) mass is 331 g/mol. The van der Waals surface area contributed by atoms with Crippen LogP contribution in [0.15, 0.2) is 29.2 Å². The number of amides is 1.